The van der Waals surface area contributed by atoms with Crippen LogP contribution < -0.4 is 5.32 Å². The average molecular weight is 266 g/mol. The molecule has 1 unspecified atom stereocenters. The minimum atomic E-state index is 0.384. The van der Waals surface area contributed by atoms with Crippen molar-refractivity contribution in [2.24, 2.45) is 0 Å². The van der Waals surface area contributed by atoms with E-state index in [1.54, 1.807) is 0 Å². The van der Waals surface area contributed by atoms with Gasteiger partial charge in [0.25, 0.3) is 0 Å². The number of ether oxygens (including phenoxy) is 1. The Morgan fingerprint density at radius 3 is 2.95 bits per heavy atom. The van der Waals surface area contributed by atoms with Crippen LogP contribution >= 0.6 is 0 Å². The van der Waals surface area contributed by atoms with Crippen LogP contribution in [0.1, 0.15) is 38.2 Å². The molecule has 0 aliphatic carbocycles. The summed E-state index contributed by atoms with van der Waals surface area (Å²) in [6, 6.07) is 4.18. The second-order valence-corrected chi connectivity index (χ2v) is 5.18. The Kier molecular flexibility index (Phi) is 5.89. The van der Waals surface area contributed by atoms with E-state index < -0.39 is 0 Å². The van der Waals surface area contributed by atoms with Crippen LogP contribution in [0.2, 0.25) is 0 Å². The third-order valence-corrected chi connectivity index (χ3v) is 3.50. The average Bonchev–Trinajstić information content (AvgIpc) is 2.87. The number of nitrogens with zero attached hydrogens (tertiary/aromatic N) is 1. The van der Waals surface area contributed by atoms with E-state index in [2.05, 4.69) is 36.2 Å². The smallest absolute Gasteiger partial charge is 0.118 e. The molecule has 0 radical (unpaired) electrons. The van der Waals surface area contributed by atoms with E-state index in [1.165, 1.54) is 0 Å². The van der Waals surface area contributed by atoms with E-state index in [4.69, 9.17) is 9.15 Å². The lowest BCUT2D eigenvalue weighted by atomic mass is 10.2. The molecule has 19 heavy (non-hydrogen) atoms. The third kappa shape index (κ3) is 4.64. The topological polar surface area (TPSA) is 37.6 Å². The fourth-order valence-electron chi connectivity index (χ4n) is 2.38. The predicted octanol–water partition coefficient (Wildman–Crippen LogP) is 2.39. The Bertz CT molecular complexity index is 365. The van der Waals surface area contributed by atoms with Gasteiger partial charge in [0.1, 0.15) is 11.5 Å². The standard InChI is InChI=1S/C15H26N2O2/c1-3-7-16-10-14-5-6-15(19-14)12-17-8-9-18-13(4-2)11-17/h5-6,13,16H,3-4,7-12H2,1-2H3. The van der Waals surface area contributed by atoms with Crippen LogP contribution in [0.5, 0.6) is 0 Å². The van der Waals surface area contributed by atoms with Crippen LogP contribution in [-0.2, 0) is 17.8 Å². The van der Waals surface area contributed by atoms with Gasteiger partial charge in [-0.25, -0.2) is 0 Å². The fraction of sp³-hybridized carbons (Fsp3) is 0.733. The van der Waals surface area contributed by atoms with Gasteiger partial charge in [0.2, 0.25) is 0 Å². The van der Waals surface area contributed by atoms with Crippen LogP contribution in [0, 0.1) is 0 Å². The van der Waals surface area contributed by atoms with Crippen molar-refractivity contribution >= 4 is 0 Å². The predicted molar refractivity (Wildman–Crippen MR) is 76.0 cm³/mol. The van der Waals surface area contributed by atoms with Crippen molar-refractivity contribution in [1.82, 2.24) is 10.2 Å². The molecule has 0 saturated carbocycles. The number of morpholine rings is 1. The Morgan fingerprint density at radius 2 is 2.16 bits per heavy atom. The van der Waals surface area contributed by atoms with Gasteiger partial charge in [-0.3, -0.25) is 4.90 Å². The normalized spacial score (nSPS) is 20.8. The van der Waals surface area contributed by atoms with Gasteiger partial charge in [-0.15, -0.1) is 0 Å². The van der Waals surface area contributed by atoms with E-state index in [1.807, 2.05) is 0 Å². The number of hydrogen-bond donors (Lipinski definition) is 1. The summed E-state index contributed by atoms with van der Waals surface area (Å²) in [5.74, 6) is 2.09. The first-order valence-electron chi connectivity index (χ1n) is 7.44. The Hall–Kier alpha value is -0.840. The molecule has 2 heterocycles. The molecule has 1 saturated heterocycles. The maximum atomic E-state index is 5.86. The van der Waals surface area contributed by atoms with Crippen LogP contribution in [0.4, 0.5) is 0 Å². The molecule has 0 spiro atoms. The van der Waals surface area contributed by atoms with E-state index in [0.29, 0.717) is 6.10 Å². The van der Waals surface area contributed by atoms with Crippen LogP contribution in [-0.4, -0.2) is 37.2 Å². The number of furan rings is 1. The van der Waals surface area contributed by atoms with E-state index in [0.717, 1.165) is 63.7 Å². The van der Waals surface area contributed by atoms with E-state index in [-0.39, 0.29) is 0 Å². The summed E-state index contributed by atoms with van der Waals surface area (Å²) < 4.78 is 11.5. The summed E-state index contributed by atoms with van der Waals surface area (Å²) in [7, 11) is 0. The monoisotopic (exact) mass is 266 g/mol. The summed E-state index contributed by atoms with van der Waals surface area (Å²) in [4.78, 5) is 2.42. The van der Waals surface area contributed by atoms with Crippen molar-refractivity contribution in [3.05, 3.63) is 23.7 Å². The lowest BCUT2D eigenvalue weighted by molar-refractivity contribution is -0.0342. The highest BCUT2D eigenvalue weighted by molar-refractivity contribution is 5.07. The maximum absolute atomic E-state index is 5.86. The van der Waals surface area contributed by atoms with Gasteiger partial charge in [-0.2, -0.15) is 0 Å². The van der Waals surface area contributed by atoms with E-state index >= 15 is 0 Å². The Morgan fingerprint density at radius 1 is 1.32 bits per heavy atom. The zero-order valence-corrected chi connectivity index (χ0v) is 12.2. The van der Waals surface area contributed by atoms with Crippen LogP contribution in [0.3, 0.4) is 0 Å². The molecule has 0 aromatic carbocycles. The molecule has 1 aliphatic heterocycles. The highest BCUT2D eigenvalue weighted by atomic mass is 16.5. The molecule has 0 amide bonds. The maximum Gasteiger partial charge on any atom is 0.118 e. The fourth-order valence-corrected chi connectivity index (χ4v) is 2.38. The molecule has 1 atom stereocenters. The number of rotatable bonds is 7. The highest BCUT2D eigenvalue weighted by Crippen LogP contribution is 2.14. The summed E-state index contributed by atoms with van der Waals surface area (Å²) >= 11 is 0. The molecule has 108 valence electrons. The molecule has 1 aromatic rings. The van der Waals surface area contributed by atoms with Gasteiger partial charge >= 0.3 is 0 Å². The largest absolute Gasteiger partial charge is 0.463 e. The first-order chi connectivity index (χ1) is 9.31. The van der Waals surface area contributed by atoms with Crippen molar-refractivity contribution in [3.63, 3.8) is 0 Å². The van der Waals surface area contributed by atoms with Gasteiger partial charge in [0.15, 0.2) is 0 Å². The molecule has 1 N–H and O–H groups in total. The number of hydrogen-bond acceptors (Lipinski definition) is 4. The molecule has 1 aliphatic rings. The van der Waals surface area contributed by atoms with Gasteiger partial charge in [0, 0.05) is 13.1 Å². The third-order valence-electron chi connectivity index (χ3n) is 3.50. The van der Waals surface area contributed by atoms with Crippen LogP contribution in [0.25, 0.3) is 0 Å². The van der Waals surface area contributed by atoms with Crippen molar-refractivity contribution < 1.29 is 9.15 Å². The lowest BCUT2D eigenvalue weighted by Gasteiger charge is -2.31. The molecular formula is C15H26N2O2. The summed E-state index contributed by atoms with van der Waals surface area (Å²) in [6.45, 7) is 9.97. The van der Waals surface area contributed by atoms with E-state index in [9.17, 15) is 0 Å². The second kappa shape index (κ2) is 7.68. The molecule has 0 bridgehead atoms. The van der Waals surface area contributed by atoms with Gasteiger partial charge < -0.3 is 14.5 Å². The lowest BCUT2D eigenvalue weighted by Crippen LogP contribution is -2.41. The molecule has 4 nitrogen and oxygen atoms in total. The summed E-state index contributed by atoms with van der Waals surface area (Å²) in [5, 5.41) is 3.36. The minimum Gasteiger partial charge on any atom is -0.463 e. The Balaban J connectivity index is 1.78. The molecule has 1 fully saturated rings. The molecular weight excluding hydrogens is 240 g/mol. The highest BCUT2D eigenvalue weighted by Gasteiger charge is 2.19. The minimum absolute atomic E-state index is 0.384. The summed E-state index contributed by atoms with van der Waals surface area (Å²) in [5.41, 5.74) is 0. The number of nitrogens with one attached hydrogen (secondary N) is 1. The van der Waals surface area contributed by atoms with Crippen molar-refractivity contribution in [2.45, 2.75) is 45.9 Å². The summed E-state index contributed by atoms with van der Waals surface area (Å²) in [6.07, 6.45) is 2.62. The zero-order valence-electron chi connectivity index (χ0n) is 12.2. The van der Waals surface area contributed by atoms with Gasteiger partial charge in [-0.05, 0) is 31.5 Å². The van der Waals surface area contributed by atoms with Gasteiger partial charge in [-0.1, -0.05) is 13.8 Å². The Labute approximate surface area is 116 Å². The molecule has 4 heteroatoms. The molecule has 1 aromatic heterocycles. The second-order valence-electron chi connectivity index (χ2n) is 5.18. The van der Waals surface area contributed by atoms with Gasteiger partial charge in [0.05, 0.1) is 25.8 Å². The first kappa shape index (κ1) is 14.6. The van der Waals surface area contributed by atoms with Crippen molar-refractivity contribution in [2.75, 3.05) is 26.2 Å². The first-order valence-corrected chi connectivity index (χ1v) is 7.44. The van der Waals surface area contributed by atoms with Crippen molar-refractivity contribution in [3.8, 4) is 0 Å². The SMILES string of the molecule is CCCNCc1ccc(CN2CCOC(CC)C2)o1. The van der Waals surface area contributed by atoms with Crippen molar-refractivity contribution in [1.29, 1.82) is 0 Å². The zero-order chi connectivity index (χ0) is 13.5. The molecule has 2 rings (SSSR count). The quantitative estimate of drug-likeness (QED) is 0.769. The van der Waals surface area contributed by atoms with Crippen LogP contribution in [0.15, 0.2) is 16.5 Å².